The third-order valence-electron chi connectivity index (χ3n) is 3.20. The molecule has 6 heteroatoms. The first-order valence-corrected chi connectivity index (χ1v) is 6.35. The molecule has 1 aromatic heterocycles. The molecule has 0 spiro atoms. The number of anilines is 1. The molecule has 2 heterocycles. The predicted octanol–water partition coefficient (Wildman–Crippen LogP) is -0.0527. The minimum absolute atomic E-state index is 0.0978. The molecule has 1 aromatic rings. The molecule has 1 saturated heterocycles. The van der Waals surface area contributed by atoms with Gasteiger partial charge in [-0.25, -0.2) is 0 Å². The first-order chi connectivity index (χ1) is 9.13. The van der Waals surface area contributed by atoms with Crippen LogP contribution in [0.5, 0.6) is 0 Å². The number of ether oxygens (including phenoxy) is 1. The van der Waals surface area contributed by atoms with E-state index in [4.69, 9.17) is 10.5 Å². The first-order valence-electron chi connectivity index (χ1n) is 6.35. The van der Waals surface area contributed by atoms with E-state index in [2.05, 4.69) is 9.88 Å². The van der Waals surface area contributed by atoms with Crippen molar-refractivity contribution in [2.75, 3.05) is 45.3 Å². The van der Waals surface area contributed by atoms with E-state index < -0.39 is 0 Å². The normalized spacial score (nSPS) is 19.3. The summed E-state index contributed by atoms with van der Waals surface area (Å²) in [7, 11) is 3.43. The van der Waals surface area contributed by atoms with Gasteiger partial charge in [0.1, 0.15) is 5.69 Å². The largest absolute Gasteiger partial charge is 0.377 e. The highest BCUT2D eigenvalue weighted by atomic mass is 16.5. The van der Waals surface area contributed by atoms with Crippen molar-refractivity contribution in [2.45, 2.75) is 6.04 Å². The Bertz CT molecular complexity index is 450. The number of amides is 1. The van der Waals surface area contributed by atoms with E-state index in [1.54, 1.807) is 20.3 Å². The van der Waals surface area contributed by atoms with E-state index in [1.807, 2.05) is 12.1 Å². The standard InChI is InChI=1S/C13H20N4O2/c1-16(2)13(18)12-7-10(3-4-15-12)17-5-6-19-9-11(17)8-14/h3-4,7,11H,5-6,8-9,14H2,1-2H3. The Balaban J connectivity index is 2.24. The lowest BCUT2D eigenvalue weighted by Crippen LogP contribution is -2.49. The van der Waals surface area contributed by atoms with E-state index in [0.717, 1.165) is 12.2 Å². The van der Waals surface area contributed by atoms with E-state index in [1.165, 1.54) is 4.90 Å². The average molecular weight is 264 g/mol. The molecule has 1 unspecified atom stereocenters. The molecule has 1 atom stereocenters. The number of morpholine rings is 1. The van der Waals surface area contributed by atoms with Crippen LogP contribution in [0.15, 0.2) is 18.3 Å². The Morgan fingerprint density at radius 1 is 1.63 bits per heavy atom. The number of carbonyl (C=O) groups is 1. The van der Waals surface area contributed by atoms with Crippen LogP contribution in [0.2, 0.25) is 0 Å². The molecule has 1 amide bonds. The van der Waals surface area contributed by atoms with Crippen LogP contribution in [0.1, 0.15) is 10.5 Å². The minimum atomic E-state index is -0.0978. The Labute approximate surface area is 113 Å². The van der Waals surface area contributed by atoms with Crippen LogP contribution in [0.25, 0.3) is 0 Å². The highest BCUT2D eigenvalue weighted by molar-refractivity contribution is 5.92. The Morgan fingerprint density at radius 2 is 2.42 bits per heavy atom. The molecule has 2 N–H and O–H groups in total. The Morgan fingerprint density at radius 3 is 3.11 bits per heavy atom. The summed E-state index contributed by atoms with van der Waals surface area (Å²) in [6.45, 7) is 2.60. The maximum atomic E-state index is 11.9. The number of pyridine rings is 1. The highest BCUT2D eigenvalue weighted by Crippen LogP contribution is 2.20. The number of hydrogen-bond donors (Lipinski definition) is 1. The molecular weight excluding hydrogens is 244 g/mol. The SMILES string of the molecule is CN(C)C(=O)c1cc(N2CCOCC2CN)ccn1. The molecule has 0 aliphatic carbocycles. The van der Waals surface area contributed by atoms with Crippen molar-refractivity contribution in [1.29, 1.82) is 0 Å². The summed E-state index contributed by atoms with van der Waals surface area (Å²) in [6, 6.07) is 3.87. The van der Waals surface area contributed by atoms with E-state index in [0.29, 0.717) is 25.5 Å². The summed E-state index contributed by atoms with van der Waals surface area (Å²) < 4.78 is 5.43. The zero-order valence-electron chi connectivity index (χ0n) is 11.4. The van der Waals surface area contributed by atoms with Gasteiger partial charge in [-0.15, -0.1) is 0 Å². The summed E-state index contributed by atoms with van der Waals surface area (Å²) in [5, 5.41) is 0. The fourth-order valence-corrected chi connectivity index (χ4v) is 2.13. The van der Waals surface area contributed by atoms with Gasteiger partial charge >= 0.3 is 0 Å². The molecule has 0 aromatic carbocycles. The fraction of sp³-hybridized carbons (Fsp3) is 0.538. The van der Waals surface area contributed by atoms with Crippen molar-refractivity contribution in [1.82, 2.24) is 9.88 Å². The van der Waals surface area contributed by atoms with Gasteiger partial charge in [0.2, 0.25) is 0 Å². The van der Waals surface area contributed by atoms with Gasteiger partial charge < -0.3 is 20.3 Å². The third-order valence-corrected chi connectivity index (χ3v) is 3.20. The first kappa shape index (κ1) is 13.8. The zero-order valence-corrected chi connectivity index (χ0v) is 11.4. The van der Waals surface area contributed by atoms with Crippen LogP contribution in [0.3, 0.4) is 0 Å². The van der Waals surface area contributed by atoms with Gasteiger partial charge in [-0.1, -0.05) is 0 Å². The molecule has 19 heavy (non-hydrogen) atoms. The summed E-state index contributed by atoms with van der Waals surface area (Å²) >= 11 is 0. The number of aromatic nitrogens is 1. The van der Waals surface area contributed by atoms with Gasteiger partial charge in [-0.3, -0.25) is 9.78 Å². The lowest BCUT2D eigenvalue weighted by atomic mass is 10.2. The molecule has 1 aliphatic rings. The van der Waals surface area contributed by atoms with Crippen LogP contribution in [-0.2, 0) is 4.74 Å². The van der Waals surface area contributed by atoms with Crippen molar-refractivity contribution in [3.63, 3.8) is 0 Å². The molecule has 0 radical (unpaired) electrons. The topological polar surface area (TPSA) is 71.7 Å². The van der Waals surface area contributed by atoms with Crippen molar-refractivity contribution < 1.29 is 9.53 Å². The highest BCUT2D eigenvalue weighted by Gasteiger charge is 2.23. The second-order valence-electron chi connectivity index (χ2n) is 4.76. The van der Waals surface area contributed by atoms with Gasteiger partial charge in [-0.05, 0) is 12.1 Å². The maximum absolute atomic E-state index is 11.9. The Kier molecular flexibility index (Phi) is 4.34. The monoisotopic (exact) mass is 264 g/mol. The van der Waals surface area contributed by atoms with Gasteiger partial charge in [0.15, 0.2) is 0 Å². The predicted molar refractivity (Wildman–Crippen MR) is 73.3 cm³/mol. The molecule has 1 aliphatic heterocycles. The molecule has 0 bridgehead atoms. The number of nitrogens with zero attached hydrogens (tertiary/aromatic N) is 3. The lowest BCUT2D eigenvalue weighted by molar-refractivity contribution is 0.0822. The van der Waals surface area contributed by atoms with E-state index in [-0.39, 0.29) is 11.9 Å². The average Bonchev–Trinajstić information content (AvgIpc) is 2.46. The molecule has 1 fully saturated rings. The Hall–Kier alpha value is -1.66. The summed E-state index contributed by atoms with van der Waals surface area (Å²) in [5.74, 6) is -0.0978. The van der Waals surface area contributed by atoms with Crippen LogP contribution >= 0.6 is 0 Å². The van der Waals surface area contributed by atoms with Gasteiger partial charge in [0.05, 0.1) is 19.3 Å². The van der Waals surface area contributed by atoms with Crippen LogP contribution in [0, 0.1) is 0 Å². The number of nitrogens with two attached hydrogens (primary N) is 1. The van der Waals surface area contributed by atoms with Crippen LogP contribution in [-0.4, -0.2) is 62.2 Å². The van der Waals surface area contributed by atoms with Crippen LogP contribution < -0.4 is 10.6 Å². The second-order valence-corrected chi connectivity index (χ2v) is 4.76. The maximum Gasteiger partial charge on any atom is 0.272 e. The number of carbonyl (C=O) groups excluding carboxylic acids is 1. The van der Waals surface area contributed by atoms with E-state index >= 15 is 0 Å². The quantitative estimate of drug-likeness (QED) is 0.828. The summed E-state index contributed by atoms with van der Waals surface area (Å²) in [4.78, 5) is 19.7. The summed E-state index contributed by atoms with van der Waals surface area (Å²) in [6.07, 6.45) is 1.66. The van der Waals surface area contributed by atoms with Crippen molar-refractivity contribution in [3.05, 3.63) is 24.0 Å². The van der Waals surface area contributed by atoms with E-state index in [9.17, 15) is 4.79 Å². The van der Waals surface area contributed by atoms with Crippen molar-refractivity contribution in [2.24, 2.45) is 5.73 Å². The molecule has 104 valence electrons. The van der Waals surface area contributed by atoms with Gasteiger partial charge in [0.25, 0.3) is 5.91 Å². The fourth-order valence-electron chi connectivity index (χ4n) is 2.13. The molecule has 0 saturated carbocycles. The third kappa shape index (κ3) is 3.02. The molecule has 6 nitrogen and oxygen atoms in total. The van der Waals surface area contributed by atoms with Crippen molar-refractivity contribution >= 4 is 11.6 Å². The smallest absolute Gasteiger partial charge is 0.272 e. The van der Waals surface area contributed by atoms with Crippen molar-refractivity contribution in [3.8, 4) is 0 Å². The zero-order chi connectivity index (χ0) is 13.8. The van der Waals surface area contributed by atoms with Gasteiger partial charge in [0, 0.05) is 39.1 Å². The minimum Gasteiger partial charge on any atom is -0.377 e. The van der Waals surface area contributed by atoms with Gasteiger partial charge in [-0.2, -0.15) is 0 Å². The lowest BCUT2D eigenvalue weighted by Gasteiger charge is -2.36. The summed E-state index contributed by atoms with van der Waals surface area (Å²) in [5.41, 5.74) is 7.18. The molecular formula is C13H20N4O2. The second kappa shape index (κ2) is 5.99. The number of rotatable bonds is 3. The van der Waals surface area contributed by atoms with Crippen LogP contribution in [0.4, 0.5) is 5.69 Å². The molecule has 2 rings (SSSR count). The number of hydrogen-bond acceptors (Lipinski definition) is 5.